The van der Waals surface area contributed by atoms with Crippen molar-refractivity contribution in [2.45, 2.75) is 167 Å². The number of rotatable bonds is 12. The lowest BCUT2D eigenvalue weighted by Gasteiger charge is -2.64. The van der Waals surface area contributed by atoms with E-state index >= 15 is 0 Å². The number of ether oxygens (including phenoxy) is 3. The fourth-order valence-electron chi connectivity index (χ4n) is 17.0. The van der Waals surface area contributed by atoms with E-state index in [0.29, 0.717) is 66.8 Å². The molecular weight excluding hydrogens is 834 g/mol. The Morgan fingerprint density at radius 1 is 0.969 bits per heavy atom. The summed E-state index contributed by atoms with van der Waals surface area (Å²) < 4.78 is 18.2. The second-order valence-electron chi connectivity index (χ2n) is 23.0. The standard InChI is InChI=1S/C56H78ClNO7/c1-8-23-56(62)25-22-45-42-16-12-36-28-39(59)15-17-41(36)51(42)43(32-54(45,56)4)35-10-13-38(14-11-35)58(6)26-27-64-40-21-24-53(3)37(29-40)30-48(65-33-57)52-46-19-18-44(34(2)9-20-50(61)63-7)55(46,5)49(60)31-47(52)53/h10-11,13-14,28,34,37,40,42-49,52,60,62H,9,12,15-22,24-27,29-33H2,1-7H3/t34-,37+,40+,42?,43-,44-,45?,46+,47+,48-,49+,52+,53+,54+,55-,56+/m1/s1. The minimum atomic E-state index is -0.982. The molecule has 6 fully saturated rings. The Morgan fingerprint density at radius 3 is 2.49 bits per heavy atom. The molecule has 0 radical (unpaired) electrons. The van der Waals surface area contributed by atoms with Crippen molar-refractivity contribution in [1.29, 1.82) is 0 Å². The highest BCUT2D eigenvalue weighted by atomic mass is 35.5. The minimum Gasteiger partial charge on any atom is -0.469 e. The van der Waals surface area contributed by atoms with Crippen LogP contribution in [0.4, 0.5) is 5.69 Å². The molecule has 9 heteroatoms. The quantitative estimate of drug-likeness (QED) is 0.121. The van der Waals surface area contributed by atoms with Crippen molar-refractivity contribution in [2.24, 2.45) is 63.6 Å². The molecule has 1 aromatic carbocycles. The number of carbonyl (C=O) groups excluding carboxylic acids is 2. The molecule has 2 unspecified atom stereocenters. The predicted molar refractivity (Wildman–Crippen MR) is 256 cm³/mol. The average molecular weight is 913 g/mol. The largest absolute Gasteiger partial charge is 0.469 e. The molecule has 8 aliphatic rings. The number of allylic oxidation sites excluding steroid dienone is 4. The summed E-state index contributed by atoms with van der Waals surface area (Å²) in [6.07, 6.45) is 16.2. The maximum absolute atomic E-state index is 12.6. The third-order valence-electron chi connectivity index (χ3n) is 20.5. The highest BCUT2D eigenvalue weighted by Gasteiger charge is 2.67. The lowest BCUT2D eigenvalue weighted by Crippen LogP contribution is -2.62. The number of hydrogen-bond acceptors (Lipinski definition) is 8. The Bertz CT molecular complexity index is 2090. The molecule has 8 nitrogen and oxygen atoms in total. The molecule has 0 amide bonds. The van der Waals surface area contributed by atoms with Gasteiger partial charge in [0, 0.05) is 43.5 Å². The highest BCUT2D eigenvalue weighted by molar-refractivity contribution is 6.17. The van der Waals surface area contributed by atoms with Crippen LogP contribution in [0.2, 0.25) is 0 Å². The molecular formula is C56H78ClNO7. The second-order valence-corrected chi connectivity index (χ2v) is 23.2. The molecule has 8 aliphatic carbocycles. The molecule has 16 atom stereocenters. The fourth-order valence-corrected chi connectivity index (χ4v) is 17.1. The van der Waals surface area contributed by atoms with Gasteiger partial charge in [0.05, 0.1) is 32.0 Å². The Balaban J connectivity index is 0.852. The highest BCUT2D eigenvalue weighted by Crippen LogP contribution is 2.70. The summed E-state index contributed by atoms with van der Waals surface area (Å²) in [5, 5.41) is 24.3. The molecule has 0 heterocycles. The smallest absolute Gasteiger partial charge is 0.305 e. The number of nitrogens with zero attached hydrogens (tertiary/aromatic N) is 1. The molecule has 0 saturated heterocycles. The van der Waals surface area contributed by atoms with E-state index in [-0.39, 0.29) is 58.3 Å². The first kappa shape index (κ1) is 47.4. The number of hydrogen-bond donors (Lipinski definition) is 2. The zero-order chi connectivity index (χ0) is 46.1. The van der Waals surface area contributed by atoms with Crippen LogP contribution in [0.25, 0.3) is 0 Å². The number of esters is 1. The topological polar surface area (TPSA) is 106 Å². The molecule has 1 aromatic rings. The van der Waals surface area contributed by atoms with E-state index in [1.165, 1.54) is 29.5 Å². The minimum absolute atomic E-state index is 0.0722. The Kier molecular flexibility index (Phi) is 13.4. The molecule has 356 valence electrons. The van der Waals surface area contributed by atoms with Crippen molar-refractivity contribution in [3.8, 4) is 11.8 Å². The molecule has 9 rings (SSSR count). The van der Waals surface area contributed by atoms with Gasteiger partial charge in [0.1, 0.15) is 11.7 Å². The maximum atomic E-state index is 12.6. The van der Waals surface area contributed by atoms with Gasteiger partial charge in [-0.2, -0.15) is 0 Å². The zero-order valence-corrected chi connectivity index (χ0v) is 41.3. The van der Waals surface area contributed by atoms with Crippen LogP contribution in [0.15, 0.2) is 47.1 Å². The van der Waals surface area contributed by atoms with Crippen molar-refractivity contribution in [3.63, 3.8) is 0 Å². The molecule has 0 bridgehead atoms. The first-order chi connectivity index (χ1) is 31.1. The maximum Gasteiger partial charge on any atom is 0.305 e. The number of benzene rings is 1. The number of likely N-dealkylation sites (N-methyl/N-ethyl adjacent to an activating group) is 1. The molecule has 0 aromatic heterocycles. The van der Waals surface area contributed by atoms with Crippen molar-refractivity contribution in [3.05, 3.63) is 52.6 Å². The summed E-state index contributed by atoms with van der Waals surface area (Å²) >= 11 is 6.40. The summed E-state index contributed by atoms with van der Waals surface area (Å²) in [5.74, 6) is 9.72. The van der Waals surface area contributed by atoms with Crippen molar-refractivity contribution in [1.82, 2.24) is 0 Å². The van der Waals surface area contributed by atoms with E-state index in [2.05, 4.69) is 75.7 Å². The van der Waals surface area contributed by atoms with Gasteiger partial charge in [0.2, 0.25) is 0 Å². The van der Waals surface area contributed by atoms with E-state index < -0.39 is 5.60 Å². The van der Waals surface area contributed by atoms with Crippen molar-refractivity contribution in [2.75, 3.05) is 38.3 Å². The van der Waals surface area contributed by atoms with Gasteiger partial charge in [-0.15, -0.1) is 5.92 Å². The lowest BCUT2D eigenvalue weighted by atomic mass is 9.43. The van der Waals surface area contributed by atoms with E-state index in [0.717, 1.165) is 96.4 Å². The van der Waals surface area contributed by atoms with Crippen LogP contribution in [0.3, 0.4) is 0 Å². The van der Waals surface area contributed by atoms with Crippen LogP contribution in [-0.4, -0.2) is 79.3 Å². The van der Waals surface area contributed by atoms with Gasteiger partial charge in [0.15, 0.2) is 5.78 Å². The SMILES string of the molecule is CC#C[C@]1(O)CCC2C3CCC4=CC(=O)CCC4=C3[C@@H](c3ccc(N(C)CCO[C@H]4CC[C@@]5(C)[C@@H](C4)C[C@@H](OCCl)[C@@H]4[C@@H]5C[C@H](O)[C@]5(C)[C@@H]([C@H](C)CCC(=O)OC)CC[C@@H]45)cc3)C[C@@]21C. The number of fused-ring (bicyclic) bond motifs is 9. The summed E-state index contributed by atoms with van der Waals surface area (Å²) in [4.78, 5) is 26.9. The van der Waals surface area contributed by atoms with Crippen molar-refractivity contribution < 1.29 is 34.0 Å². The summed E-state index contributed by atoms with van der Waals surface area (Å²) in [6.45, 7) is 12.7. The van der Waals surface area contributed by atoms with Crippen LogP contribution in [0.5, 0.6) is 0 Å². The first-order valence-electron chi connectivity index (χ1n) is 25.6. The number of halogens is 1. The number of carbonyl (C=O) groups is 2. The van der Waals surface area contributed by atoms with Gasteiger partial charge in [-0.05, 0) is 190 Å². The molecule has 65 heavy (non-hydrogen) atoms. The number of anilines is 1. The Labute approximate surface area is 395 Å². The van der Waals surface area contributed by atoms with Gasteiger partial charge in [-0.1, -0.05) is 62.9 Å². The van der Waals surface area contributed by atoms with Crippen LogP contribution in [0, 0.1) is 75.4 Å². The summed E-state index contributed by atoms with van der Waals surface area (Å²) in [5.41, 5.74) is 5.33. The van der Waals surface area contributed by atoms with Gasteiger partial charge in [-0.25, -0.2) is 0 Å². The Morgan fingerprint density at radius 2 is 1.75 bits per heavy atom. The third kappa shape index (κ3) is 7.99. The number of ketones is 1. The number of methoxy groups -OCH3 is 1. The summed E-state index contributed by atoms with van der Waals surface area (Å²) in [6, 6.07) is 9.35. The van der Waals surface area contributed by atoms with Crippen LogP contribution in [-0.2, 0) is 23.8 Å². The number of alkyl halides is 1. The molecule has 0 spiro atoms. The fraction of sp³-hybridized carbons (Fsp3) is 0.750. The first-order valence-corrected chi connectivity index (χ1v) is 26.1. The van der Waals surface area contributed by atoms with Gasteiger partial charge in [-0.3, -0.25) is 9.59 Å². The normalized spacial score (nSPS) is 42.2. The predicted octanol–water partition coefficient (Wildman–Crippen LogP) is 10.6. The second kappa shape index (κ2) is 18.3. The zero-order valence-electron chi connectivity index (χ0n) is 40.5. The van der Waals surface area contributed by atoms with Gasteiger partial charge >= 0.3 is 5.97 Å². The average Bonchev–Trinajstić information content (AvgIpc) is 3.79. The van der Waals surface area contributed by atoms with Gasteiger partial charge in [0.25, 0.3) is 0 Å². The van der Waals surface area contributed by atoms with Crippen molar-refractivity contribution >= 4 is 29.0 Å². The van der Waals surface area contributed by atoms with E-state index in [1.807, 2.05) is 13.0 Å². The molecule has 2 N–H and O–H groups in total. The van der Waals surface area contributed by atoms with E-state index in [1.54, 1.807) is 5.57 Å². The van der Waals surface area contributed by atoms with Crippen LogP contribution in [0.1, 0.15) is 149 Å². The number of aliphatic hydroxyl groups excluding tert-OH is 1. The van der Waals surface area contributed by atoms with E-state index in [4.69, 9.17) is 25.8 Å². The summed E-state index contributed by atoms with van der Waals surface area (Å²) in [7, 11) is 3.62. The number of aliphatic hydroxyl groups is 2. The molecule has 6 saturated carbocycles. The third-order valence-corrected chi connectivity index (χ3v) is 20.6. The van der Waals surface area contributed by atoms with E-state index in [9.17, 15) is 19.8 Å². The lowest BCUT2D eigenvalue weighted by molar-refractivity contribution is -0.215. The van der Waals surface area contributed by atoms with Crippen LogP contribution < -0.4 is 4.90 Å². The van der Waals surface area contributed by atoms with Crippen LogP contribution >= 0.6 is 11.6 Å². The Hall–Kier alpha value is -2.67. The molecule has 0 aliphatic heterocycles. The monoisotopic (exact) mass is 912 g/mol. The van der Waals surface area contributed by atoms with Gasteiger partial charge < -0.3 is 29.3 Å².